The lowest BCUT2D eigenvalue weighted by atomic mass is 10.1. The van der Waals surface area contributed by atoms with Crippen molar-refractivity contribution < 1.29 is 9.47 Å². The van der Waals surface area contributed by atoms with Crippen LogP contribution in [0.5, 0.6) is 11.5 Å². The minimum Gasteiger partial charge on any atom is -0.496 e. The molecule has 0 bridgehead atoms. The van der Waals surface area contributed by atoms with Gasteiger partial charge >= 0.3 is 0 Å². The van der Waals surface area contributed by atoms with Crippen LogP contribution in [0.25, 0.3) is 0 Å². The third kappa shape index (κ3) is 3.50. The van der Waals surface area contributed by atoms with Gasteiger partial charge < -0.3 is 9.47 Å². The Morgan fingerprint density at radius 2 is 1.72 bits per heavy atom. The van der Waals surface area contributed by atoms with Crippen LogP contribution in [0, 0.1) is 0 Å². The van der Waals surface area contributed by atoms with E-state index in [0.29, 0.717) is 6.61 Å². The minimum absolute atomic E-state index is 0.641. The van der Waals surface area contributed by atoms with Crippen molar-refractivity contribution in [2.75, 3.05) is 13.7 Å². The van der Waals surface area contributed by atoms with Crippen molar-refractivity contribution >= 4 is 15.9 Å². The smallest absolute Gasteiger partial charge is 0.122 e. The van der Waals surface area contributed by atoms with Gasteiger partial charge in [-0.25, -0.2) is 0 Å². The maximum atomic E-state index is 5.69. The summed E-state index contributed by atoms with van der Waals surface area (Å²) >= 11 is 3.40. The van der Waals surface area contributed by atoms with Crippen molar-refractivity contribution in [3.05, 3.63) is 58.6 Å². The second-order valence-electron chi connectivity index (χ2n) is 3.86. The standard InChI is InChI=1S/C15H15BrO2/c1-17-15-5-3-2-4-12(15)10-11-18-14-8-6-13(16)7-9-14/h2-9H,10-11H2,1H3. The molecular formula is C15H15BrO2. The van der Waals surface area contributed by atoms with E-state index in [2.05, 4.69) is 22.0 Å². The molecular weight excluding hydrogens is 292 g/mol. The molecule has 0 unspecified atom stereocenters. The molecule has 0 aromatic heterocycles. The van der Waals surface area contributed by atoms with E-state index >= 15 is 0 Å². The third-order valence-electron chi connectivity index (χ3n) is 2.65. The lowest BCUT2D eigenvalue weighted by Crippen LogP contribution is -2.02. The van der Waals surface area contributed by atoms with Crippen LogP contribution in [0.1, 0.15) is 5.56 Å². The largest absolute Gasteiger partial charge is 0.496 e. The van der Waals surface area contributed by atoms with E-state index in [1.165, 1.54) is 0 Å². The number of hydrogen-bond donors (Lipinski definition) is 0. The fourth-order valence-electron chi connectivity index (χ4n) is 1.72. The summed E-state index contributed by atoms with van der Waals surface area (Å²) in [7, 11) is 1.69. The highest BCUT2D eigenvalue weighted by Crippen LogP contribution is 2.19. The average Bonchev–Trinajstić information content (AvgIpc) is 2.41. The lowest BCUT2D eigenvalue weighted by molar-refractivity contribution is 0.318. The van der Waals surface area contributed by atoms with Crippen molar-refractivity contribution in [1.29, 1.82) is 0 Å². The van der Waals surface area contributed by atoms with Crippen LogP contribution in [-0.4, -0.2) is 13.7 Å². The molecule has 0 heterocycles. The summed E-state index contributed by atoms with van der Waals surface area (Å²) in [4.78, 5) is 0. The fraction of sp³-hybridized carbons (Fsp3) is 0.200. The molecule has 2 nitrogen and oxygen atoms in total. The fourth-order valence-corrected chi connectivity index (χ4v) is 1.98. The van der Waals surface area contributed by atoms with E-state index in [1.807, 2.05) is 42.5 Å². The van der Waals surface area contributed by atoms with Crippen LogP contribution in [-0.2, 0) is 6.42 Å². The second-order valence-corrected chi connectivity index (χ2v) is 4.78. The summed E-state index contributed by atoms with van der Waals surface area (Å²) in [5.74, 6) is 1.80. The summed E-state index contributed by atoms with van der Waals surface area (Å²) in [5, 5.41) is 0. The number of benzene rings is 2. The Morgan fingerprint density at radius 3 is 2.44 bits per heavy atom. The number of ether oxygens (including phenoxy) is 2. The van der Waals surface area contributed by atoms with Crippen LogP contribution in [0.2, 0.25) is 0 Å². The van der Waals surface area contributed by atoms with E-state index in [-0.39, 0.29) is 0 Å². The summed E-state index contributed by atoms with van der Waals surface area (Å²) in [6.45, 7) is 0.641. The van der Waals surface area contributed by atoms with Gasteiger partial charge in [-0.1, -0.05) is 34.1 Å². The van der Waals surface area contributed by atoms with Gasteiger partial charge in [-0.3, -0.25) is 0 Å². The Kier molecular flexibility index (Phi) is 4.65. The van der Waals surface area contributed by atoms with Gasteiger partial charge in [0, 0.05) is 10.9 Å². The van der Waals surface area contributed by atoms with Crippen LogP contribution in [0.4, 0.5) is 0 Å². The van der Waals surface area contributed by atoms with Gasteiger partial charge in [0.2, 0.25) is 0 Å². The average molecular weight is 307 g/mol. The molecule has 3 heteroatoms. The number of methoxy groups -OCH3 is 1. The normalized spacial score (nSPS) is 10.1. The van der Waals surface area contributed by atoms with E-state index in [9.17, 15) is 0 Å². The van der Waals surface area contributed by atoms with E-state index in [4.69, 9.17) is 9.47 Å². The molecule has 2 aromatic rings. The van der Waals surface area contributed by atoms with Gasteiger partial charge in [-0.2, -0.15) is 0 Å². The number of rotatable bonds is 5. The van der Waals surface area contributed by atoms with Gasteiger partial charge in [0.25, 0.3) is 0 Å². The Bertz CT molecular complexity index is 494. The molecule has 0 atom stereocenters. The zero-order valence-corrected chi connectivity index (χ0v) is 11.8. The molecule has 0 amide bonds. The molecule has 0 aliphatic heterocycles. The molecule has 0 aliphatic carbocycles. The molecule has 0 saturated heterocycles. The van der Waals surface area contributed by atoms with E-state index in [1.54, 1.807) is 7.11 Å². The zero-order chi connectivity index (χ0) is 12.8. The first kappa shape index (κ1) is 13.0. The Labute approximate surface area is 116 Å². The van der Waals surface area contributed by atoms with E-state index < -0.39 is 0 Å². The van der Waals surface area contributed by atoms with E-state index in [0.717, 1.165) is 28.0 Å². The Morgan fingerprint density at radius 1 is 1.00 bits per heavy atom. The maximum Gasteiger partial charge on any atom is 0.122 e. The summed E-state index contributed by atoms with van der Waals surface area (Å²) in [5.41, 5.74) is 1.16. The Balaban J connectivity index is 1.90. The molecule has 0 aliphatic rings. The monoisotopic (exact) mass is 306 g/mol. The highest BCUT2D eigenvalue weighted by molar-refractivity contribution is 9.10. The predicted octanol–water partition coefficient (Wildman–Crippen LogP) is 4.08. The SMILES string of the molecule is COc1ccccc1CCOc1ccc(Br)cc1. The van der Waals surface area contributed by atoms with Crippen molar-refractivity contribution in [3.63, 3.8) is 0 Å². The topological polar surface area (TPSA) is 18.5 Å². The zero-order valence-electron chi connectivity index (χ0n) is 10.2. The van der Waals surface area contributed by atoms with Crippen LogP contribution in [0.15, 0.2) is 53.0 Å². The molecule has 94 valence electrons. The molecule has 0 N–H and O–H groups in total. The highest BCUT2D eigenvalue weighted by Gasteiger charge is 2.01. The van der Waals surface area contributed by atoms with Crippen LogP contribution >= 0.6 is 15.9 Å². The summed E-state index contributed by atoms with van der Waals surface area (Å²) in [6.07, 6.45) is 0.833. The lowest BCUT2D eigenvalue weighted by Gasteiger charge is -2.09. The third-order valence-corrected chi connectivity index (χ3v) is 3.17. The molecule has 0 saturated carbocycles. The van der Waals surface area contributed by atoms with Crippen LogP contribution < -0.4 is 9.47 Å². The number of halogens is 1. The number of para-hydroxylation sites is 1. The van der Waals surface area contributed by atoms with Gasteiger partial charge in [0.15, 0.2) is 0 Å². The Hall–Kier alpha value is -1.48. The quantitative estimate of drug-likeness (QED) is 0.828. The minimum atomic E-state index is 0.641. The molecule has 0 spiro atoms. The second kappa shape index (κ2) is 6.45. The van der Waals surface area contributed by atoms with Gasteiger partial charge in [-0.05, 0) is 35.9 Å². The molecule has 2 aromatic carbocycles. The van der Waals surface area contributed by atoms with Gasteiger partial charge in [0.1, 0.15) is 11.5 Å². The van der Waals surface area contributed by atoms with Crippen molar-refractivity contribution in [2.45, 2.75) is 6.42 Å². The summed E-state index contributed by atoms with van der Waals surface area (Å²) < 4.78 is 12.0. The first-order chi connectivity index (χ1) is 8.79. The van der Waals surface area contributed by atoms with Crippen molar-refractivity contribution in [2.24, 2.45) is 0 Å². The van der Waals surface area contributed by atoms with Gasteiger partial charge in [-0.15, -0.1) is 0 Å². The first-order valence-electron chi connectivity index (χ1n) is 5.80. The van der Waals surface area contributed by atoms with Crippen molar-refractivity contribution in [1.82, 2.24) is 0 Å². The first-order valence-corrected chi connectivity index (χ1v) is 6.59. The highest BCUT2D eigenvalue weighted by atomic mass is 79.9. The maximum absolute atomic E-state index is 5.69. The molecule has 18 heavy (non-hydrogen) atoms. The molecule has 0 radical (unpaired) electrons. The molecule has 0 fully saturated rings. The van der Waals surface area contributed by atoms with Gasteiger partial charge in [0.05, 0.1) is 13.7 Å². The van der Waals surface area contributed by atoms with Crippen LogP contribution in [0.3, 0.4) is 0 Å². The predicted molar refractivity (Wildman–Crippen MR) is 76.3 cm³/mol. The summed E-state index contributed by atoms with van der Waals surface area (Å²) in [6, 6.07) is 15.9. The number of hydrogen-bond acceptors (Lipinski definition) is 2. The van der Waals surface area contributed by atoms with Crippen molar-refractivity contribution in [3.8, 4) is 11.5 Å². The molecule has 2 rings (SSSR count).